The molecule has 2 aromatic rings. The van der Waals surface area contributed by atoms with Crippen LogP contribution in [0.1, 0.15) is 28.4 Å². The van der Waals surface area contributed by atoms with Gasteiger partial charge in [0.2, 0.25) is 11.5 Å². The molecule has 0 unspecified atom stereocenters. The molecule has 0 N–H and O–H groups in total. The van der Waals surface area contributed by atoms with Crippen LogP contribution in [-0.2, 0) is 0 Å². The molecule has 3 rings (SSSR count). The summed E-state index contributed by atoms with van der Waals surface area (Å²) >= 11 is 0. The SMILES string of the molecule is CCOc1cc(C)c2c(c1)O/C(=C\c1ccc(OC)c(OC)c1OC)C2=O. The molecule has 1 heterocycles. The maximum atomic E-state index is 12.8. The molecule has 0 fully saturated rings. The van der Waals surface area contributed by atoms with Crippen molar-refractivity contribution in [3.8, 4) is 28.7 Å². The van der Waals surface area contributed by atoms with E-state index in [1.54, 1.807) is 31.4 Å². The summed E-state index contributed by atoms with van der Waals surface area (Å²) < 4.78 is 27.5. The third-order valence-corrected chi connectivity index (χ3v) is 4.28. The standard InChI is InChI=1S/C21H22O6/c1-6-26-14-9-12(2)18-16(11-14)27-17(19(18)22)10-13-7-8-15(23-3)21(25-5)20(13)24-4/h7-11H,6H2,1-5H3/b17-10-. The second kappa shape index (κ2) is 7.61. The molecule has 142 valence electrons. The van der Waals surface area contributed by atoms with Gasteiger partial charge in [-0.2, -0.15) is 0 Å². The molecule has 27 heavy (non-hydrogen) atoms. The molecule has 1 aliphatic rings. The molecule has 0 aliphatic carbocycles. The van der Waals surface area contributed by atoms with Crippen LogP contribution in [0, 0.1) is 6.92 Å². The highest BCUT2D eigenvalue weighted by Crippen LogP contribution is 2.42. The Balaban J connectivity index is 2.04. The lowest BCUT2D eigenvalue weighted by molar-refractivity contribution is 0.101. The molecule has 0 aromatic heterocycles. The molecule has 1 aliphatic heterocycles. The molecule has 0 spiro atoms. The van der Waals surface area contributed by atoms with E-state index in [0.717, 1.165) is 5.56 Å². The predicted molar refractivity (Wildman–Crippen MR) is 101 cm³/mol. The van der Waals surface area contributed by atoms with Gasteiger partial charge in [-0.1, -0.05) is 0 Å². The monoisotopic (exact) mass is 370 g/mol. The van der Waals surface area contributed by atoms with E-state index < -0.39 is 0 Å². The number of allylic oxidation sites excluding steroid dienone is 1. The van der Waals surface area contributed by atoms with Gasteiger partial charge >= 0.3 is 0 Å². The number of carbonyl (C=O) groups is 1. The van der Waals surface area contributed by atoms with Gasteiger partial charge in [0.15, 0.2) is 17.3 Å². The maximum absolute atomic E-state index is 12.8. The normalized spacial score (nSPS) is 14.0. The molecule has 0 bridgehead atoms. The molecular weight excluding hydrogens is 348 g/mol. The van der Waals surface area contributed by atoms with Gasteiger partial charge in [0.25, 0.3) is 0 Å². The lowest BCUT2D eigenvalue weighted by atomic mass is 10.0. The number of ether oxygens (including phenoxy) is 5. The highest BCUT2D eigenvalue weighted by molar-refractivity contribution is 6.15. The average molecular weight is 370 g/mol. The minimum atomic E-state index is -0.178. The van der Waals surface area contributed by atoms with E-state index in [1.165, 1.54) is 14.2 Å². The smallest absolute Gasteiger partial charge is 0.232 e. The fourth-order valence-electron chi connectivity index (χ4n) is 3.11. The van der Waals surface area contributed by atoms with E-state index in [1.807, 2.05) is 19.9 Å². The van der Waals surface area contributed by atoms with Crippen LogP contribution in [0.3, 0.4) is 0 Å². The van der Waals surface area contributed by atoms with Crippen LogP contribution in [0.4, 0.5) is 0 Å². The maximum Gasteiger partial charge on any atom is 0.232 e. The van der Waals surface area contributed by atoms with Crippen molar-refractivity contribution in [2.45, 2.75) is 13.8 Å². The van der Waals surface area contributed by atoms with Crippen molar-refractivity contribution in [3.63, 3.8) is 0 Å². The summed E-state index contributed by atoms with van der Waals surface area (Å²) in [5.41, 5.74) is 2.00. The number of rotatable bonds is 6. The Morgan fingerprint density at radius 3 is 2.41 bits per heavy atom. The lowest BCUT2D eigenvalue weighted by Gasteiger charge is -2.14. The first-order chi connectivity index (χ1) is 13.0. The number of aryl methyl sites for hydroxylation is 1. The van der Waals surface area contributed by atoms with Crippen LogP contribution in [0.2, 0.25) is 0 Å². The van der Waals surface area contributed by atoms with Crippen LogP contribution in [0.5, 0.6) is 28.7 Å². The number of Topliss-reactive ketones (excluding diaryl/α,β-unsaturated/α-hetero) is 1. The van der Waals surface area contributed by atoms with E-state index in [0.29, 0.717) is 46.5 Å². The predicted octanol–water partition coefficient (Wildman–Crippen LogP) is 4.04. The van der Waals surface area contributed by atoms with Gasteiger partial charge in [0.1, 0.15) is 11.5 Å². The lowest BCUT2D eigenvalue weighted by Crippen LogP contribution is -2.01. The molecule has 0 atom stereocenters. The molecule has 2 aromatic carbocycles. The van der Waals surface area contributed by atoms with Crippen molar-refractivity contribution in [2.75, 3.05) is 27.9 Å². The summed E-state index contributed by atoms with van der Waals surface area (Å²) in [5, 5.41) is 0. The van der Waals surface area contributed by atoms with Crippen LogP contribution in [0.25, 0.3) is 6.08 Å². The van der Waals surface area contributed by atoms with Crippen LogP contribution >= 0.6 is 0 Å². The number of ketones is 1. The molecule has 6 nitrogen and oxygen atoms in total. The zero-order valence-corrected chi connectivity index (χ0v) is 16.0. The summed E-state index contributed by atoms with van der Waals surface area (Å²) in [5.74, 6) is 2.65. The highest BCUT2D eigenvalue weighted by atomic mass is 16.5. The first-order valence-corrected chi connectivity index (χ1v) is 8.54. The Labute approximate surface area is 158 Å². The van der Waals surface area contributed by atoms with E-state index >= 15 is 0 Å². The Morgan fingerprint density at radius 2 is 1.78 bits per heavy atom. The van der Waals surface area contributed by atoms with Crippen molar-refractivity contribution in [1.29, 1.82) is 0 Å². The third kappa shape index (κ3) is 3.30. The van der Waals surface area contributed by atoms with Gasteiger partial charge in [0.05, 0.1) is 33.5 Å². The first-order valence-electron chi connectivity index (χ1n) is 8.54. The van der Waals surface area contributed by atoms with Gasteiger partial charge in [0, 0.05) is 11.6 Å². The third-order valence-electron chi connectivity index (χ3n) is 4.28. The van der Waals surface area contributed by atoms with Gasteiger partial charge in [-0.05, 0) is 43.7 Å². The van der Waals surface area contributed by atoms with E-state index in [-0.39, 0.29) is 11.5 Å². The average Bonchev–Trinajstić information content (AvgIpc) is 2.97. The number of fused-ring (bicyclic) bond motifs is 1. The van der Waals surface area contributed by atoms with E-state index in [9.17, 15) is 4.79 Å². The summed E-state index contributed by atoms with van der Waals surface area (Å²) in [6, 6.07) is 7.10. The molecule has 6 heteroatoms. The Morgan fingerprint density at radius 1 is 1.04 bits per heavy atom. The van der Waals surface area contributed by atoms with Crippen molar-refractivity contribution < 1.29 is 28.5 Å². The number of carbonyl (C=O) groups excluding carboxylic acids is 1. The van der Waals surface area contributed by atoms with Crippen molar-refractivity contribution in [1.82, 2.24) is 0 Å². The summed E-state index contributed by atoms with van der Waals surface area (Å²) in [6.07, 6.45) is 1.64. The minimum absolute atomic E-state index is 0.178. The second-order valence-electron chi connectivity index (χ2n) is 5.91. The van der Waals surface area contributed by atoms with Gasteiger partial charge in [-0.25, -0.2) is 0 Å². The fourth-order valence-corrected chi connectivity index (χ4v) is 3.11. The summed E-state index contributed by atoms with van der Waals surface area (Å²) in [4.78, 5) is 12.8. The zero-order chi connectivity index (χ0) is 19.6. The van der Waals surface area contributed by atoms with Crippen LogP contribution in [0.15, 0.2) is 30.0 Å². The molecule has 0 amide bonds. The number of hydrogen-bond acceptors (Lipinski definition) is 6. The van der Waals surface area contributed by atoms with E-state index in [2.05, 4.69) is 0 Å². The molecular formula is C21H22O6. The topological polar surface area (TPSA) is 63.2 Å². The Hall–Kier alpha value is -3.15. The van der Waals surface area contributed by atoms with Gasteiger partial charge in [-0.15, -0.1) is 0 Å². The number of benzene rings is 2. The van der Waals surface area contributed by atoms with Crippen LogP contribution in [-0.4, -0.2) is 33.7 Å². The summed E-state index contributed by atoms with van der Waals surface area (Å²) in [6.45, 7) is 4.31. The fraction of sp³-hybridized carbons (Fsp3) is 0.286. The van der Waals surface area contributed by atoms with Crippen LogP contribution < -0.4 is 23.7 Å². The largest absolute Gasteiger partial charge is 0.494 e. The quantitative estimate of drug-likeness (QED) is 0.715. The Kier molecular flexibility index (Phi) is 5.26. The molecule has 0 saturated heterocycles. The van der Waals surface area contributed by atoms with Crippen molar-refractivity contribution in [3.05, 3.63) is 46.7 Å². The second-order valence-corrected chi connectivity index (χ2v) is 5.91. The molecule has 0 radical (unpaired) electrons. The zero-order valence-electron chi connectivity index (χ0n) is 16.0. The molecule has 0 saturated carbocycles. The summed E-state index contributed by atoms with van der Waals surface area (Å²) in [7, 11) is 4.61. The minimum Gasteiger partial charge on any atom is -0.494 e. The van der Waals surface area contributed by atoms with Crippen molar-refractivity contribution >= 4 is 11.9 Å². The van der Waals surface area contributed by atoms with Crippen molar-refractivity contribution in [2.24, 2.45) is 0 Å². The van der Waals surface area contributed by atoms with Gasteiger partial charge < -0.3 is 23.7 Å². The highest BCUT2D eigenvalue weighted by Gasteiger charge is 2.30. The first kappa shape index (κ1) is 18.6. The number of methoxy groups -OCH3 is 3. The number of hydrogen-bond donors (Lipinski definition) is 0. The van der Waals surface area contributed by atoms with E-state index in [4.69, 9.17) is 23.7 Å². The Bertz CT molecular complexity index is 913. The van der Waals surface area contributed by atoms with Gasteiger partial charge in [-0.3, -0.25) is 4.79 Å².